The first kappa shape index (κ1) is 13.9. The quantitative estimate of drug-likeness (QED) is 0.791. The average Bonchev–Trinajstić information content (AvgIpc) is 2.77. The Morgan fingerprint density at radius 2 is 2.05 bits per heavy atom. The second-order valence-electron chi connectivity index (χ2n) is 4.88. The predicted octanol–water partition coefficient (Wildman–Crippen LogP) is 2.90. The molecule has 1 unspecified atom stereocenters. The van der Waals surface area contributed by atoms with Gasteiger partial charge in [0, 0.05) is 24.1 Å². The molecule has 108 valence electrons. The van der Waals surface area contributed by atoms with E-state index in [9.17, 15) is 9.18 Å². The number of hydrogen-bond donors (Lipinski definition) is 1. The Labute approximate surface area is 125 Å². The van der Waals surface area contributed by atoms with Crippen molar-refractivity contribution in [2.24, 2.45) is 5.73 Å². The molecule has 0 aliphatic heterocycles. The molecule has 21 heavy (non-hydrogen) atoms. The van der Waals surface area contributed by atoms with E-state index in [1.54, 1.807) is 35.0 Å². The Morgan fingerprint density at radius 3 is 2.71 bits per heavy atom. The Balaban J connectivity index is 2.31. The summed E-state index contributed by atoms with van der Waals surface area (Å²) in [4.78, 5) is 12.6. The Hall–Kier alpha value is -2.11. The Morgan fingerprint density at radius 1 is 1.29 bits per heavy atom. The van der Waals surface area contributed by atoms with Crippen LogP contribution in [0, 0.1) is 5.82 Å². The number of benzene rings is 1. The molecular formula is C15H13ClFN3O. The van der Waals surface area contributed by atoms with Gasteiger partial charge >= 0.3 is 0 Å². The lowest BCUT2D eigenvalue weighted by atomic mass is 10.2. The summed E-state index contributed by atoms with van der Waals surface area (Å²) in [6.45, 7) is 1.82. The van der Waals surface area contributed by atoms with Crippen molar-refractivity contribution in [3.8, 4) is 5.69 Å². The fourth-order valence-corrected chi connectivity index (χ4v) is 2.66. The summed E-state index contributed by atoms with van der Waals surface area (Å²) < 4.78 is 16.4. The van der Waals surface area contributed by atoms with E-state index in [0.717, 1.165) is 5.69 Å². The lowest BCUT2D eigenvalue weighted by Gasteiger charge is -2.09. The highest BCUT2D eigenvalue weighted by Gasteiger charge is 2.15. The molecule has 0 amide bonds. The maximum Gasteiger partial charge on any atom is 0.280 e. The summed E-state index contributed by atoms with van der Waals surface area (Å²) in [6, 6.07) is 7.25. The first-order chi connectivity index (χ1) is 9.99. The van der Waals surface area contributed by atoms with Crippen molar-refractivity contribution >= 4 is 17.1 Å². The normalized spacial score (nSPS) is 12.8. The lowest BCUT2D eigenvalue weighted by Crippen LogP contribution is -2.20. The smallest absolute Gasteiger partial charge is 0.280 e. The second kappa shape index (κ2) is 5.02. The minimum atomic E-state index is -0.406. The maximum absolute atomic E-state index is 13.3. The molecular weight excluding hydrogens is 293 g/mol. The van der Waals surface area contributed by atoms with Gasteiger partial charge < -0.3 is 10.1 Å². The van der Waals surface area contributed by atoms with E-state index >= 15 is 0 Å². The van der Waals surface area contributed by atoms with Crippen LogP contribution >= 0.6 is 11.6 Å². The molecule has 1 aromatic carbocycles. The third kappa shape index (κ3) is 2.24. The number of nitrogens with two attached hydrogens (primary N) is 1. The monoisotopic (exact) mass is 305 g/mol. The van der Waals surface area contributed by atoms with Crippen LogP contribution < -0.4 is 11.3 Å². The van der Waals surface area contributed by atoms with Gasteiger partial charge in [-0.1, -0.05) is 17.7 Å². The molecule has 3 rings (SSSR count). The molecule has 0 bridgehead atoms. The third-order valence-corrected chi connectivity index (χ3v) is 3.65. The van der Waals surface area contributed by atoms with Crippen LogP contribution in [0.2, 0.25) is 5.02 Å². The fourth-order valence-electron chi connectivity index (χ4n) is 2.37. The Kier molecular flexibility index (Phi) is 3.31. The van der Waals surface area contributed by atoms with Gasteiger partial charge in [-0.2, -0.15) is 0 Å². The van der Waals surface area contributed by atoms with E-state index in [2.05, 4.69) is 0 Å². The standard InChI is InChI=1S/C15H13ClFN3O/c1-9(18)13-8-12(16)14-15(21)19(5-6-20(13)14)11-4-2-3-10(17)7-11/h2-9H,18H2,1H3. The minimum absolute atomic E-state index is 0.255. The van der Waals surface area contributed by atoms with E-state index in [0.29, 0.717) is 16.2 Å². The molecule has 4 nitrogen and oxygen atoms in total. The zero-order chi connectivity index (χ0) is 15.1. The molecule has 1 atom stereocenters. The average molecular weight is 306 g/mol. The van der Waals surface area contributed by atoms with Crippen molar-refractivity contribution < 1.29 is 4.39 Å². The molecule has 0 aliphatic carbocycles. The van der Waals surface area contributed by atoms with Gasteiger partial charge in [0.05, 0.1) is 10.7 Å². The molecule has 0 saturated heterocycles. The Bertz CT molecular complexity index is 882. The maximum atomic E-state index is 13.3. The molecule has 3 aromatic rings. The van der Waals surface area contributed by atoms with Gasteiger partial charge in [0.25, 0.3) is 5.56 Å². The van der Waals surface area contributed by atoms with Gasteiger partial charge in [0.2, 0.25) is 0 Å². The van der Waals surface area contributed by atoms with Crippen LogP contribution in [-0.4, -0.2) is 8.97 Å². The molecule has 0 aliphatic rings. The van der Waals surface area contributed by atoms with Gasteiger partial charge in [-0.25, -0.2) is 4.39 Å². The number of fused-ring (bicyclic) bond motifs is 1. The molecule has 0 fully saturated rings. The van der Waals surface area contributed by atoms with Crippen LogP contribution in [-0.2, 0) is 0 Å². The first-order valence-corrected chi connectivity index (χ1v) is 6.80. The van der Waals surface area contributed by atoms with Crippen LogP contribution in [0.1, 0.15) is 18.7 Å². The van der Waals surface area contributed by atoms with E-state index in [4.69, 9.17) is 17.3 Å². The van der Waals surface area contributed by atoms with Crippen LogP contribution in [0.25, 0.3) is 11.2 Å². The zero-order valence-corrected chi connectivity index (χ0v) is 12.0. The number of rotatable bonds is 2. The minimum Gasteiger partial charge on any atom is -0.323 e. The number of halogens is 2. The van der Waals surface area contributed by atoms with Crippen molar-refractivity contribution in [2.75, 3.05) is 0 Å². The summed E-state index contributed by atoms with van der Waals surface area (Å²) in [5, 5.41) is 0.332. The highest BCUT2D eigenvalue weighted by Crippen LogP contribution is 2.23. The van der Waals surface area contributed by atoms with Crippen molar-refractivity contribution in [1.29, 1.82) is 0 Å². The third-order valence-electron chi connectivity index (χ3n) is 3.36. The molecule has 0 radical (unpaired) electrons. The van der Waals surface area contributed by atoms with Crippen molar-refractivity contribution in [2.45, 2.75) is 13.0 Å². The summed E-state index contributed by atoms with van der Waals surface area (Å²) >= 11 is 6.15. The van der Waals surface area contributed by atoms with Gasteiger partial charge in [-0.15, -0.1) is 0 Å². The highest BCUT2D eigenvalue weighted by atomic mass is 35.5. The summed E-state index contributed by atoms with van der Waals surface area (Å²) in [5.41, 5.74) is 7.08. The van der Waals surface area contributed by atoms with Crippen molar-refractivity contribution in [1.82, 2.24) is 8.97 Å². The van der Waals surface area contributed by atoms with E-state index in [1.807, 2.05) is 6.92 Å². The van der Waals surface area contributed by atoms with Gasteiger partial charge in [0.15, 0.2) is 0 Å². The van der Waals surface area contributed by atoms with E-state index in [1.165, 1.54) is 16.7 Å². The van der Waals surface area contributed by atoms with Crippen molar-refractivity contribution in [3.05, 3.63) is 69.6 Å². The highest BCUT2D eigenvalue weighted by molar-refractivity contribution is 6.34. The van der Waals surface area contributed by atoms with Crippen LogP contribution in [0.5, 0.6) is 0 Å². The summed E-state index contributed by atoms with van der Waals surface area (Å²) in [5.74, 6) is -0.406. The molecule has 6 heteroatoms. The molecule has 2 N–H and O–H groups in total. The molecule has 0 spiro atoms. The molecule has 2 aromatic heterocycles. The second-order valence-corrected chi connectivity index (χ2v) is 5.28. The van der Waals surface area contributed by atoms with Gasteiger partial charge in [-0.05, 0) is 31.2 Å². The SMILES string of the molecule is CC(N)c1cc(Cl)c2c(=O)n(-c3cccc(F)c3)ccn12. The number of aromatic nitrogens is 2. The molecule has 0 saturated carbocycles. The zero-order valence-electron chi connectivity index (χ0n) is 11.3. The summed E-state index contributed by atoms with van der Waals surface area (Å²) in [7, 11) is 0. The van der Waals surface area contributed by atoms with E-state index < -0.39 is 5.82 Å². The van der Waals surface area contributed by atoms with E-state index in [-0.39, 0.29) is 11.6 Å². The number of hydrogen-bond acceptors (Lipinski definition) is 2. The van der Waals surface area contributed by atoms with Gasteiger partial charge in [0.1, 0.15) is 11.3 Å². The van der Waals surface area contributed by atoms with Crippen LogP contribution in [0.15, 0.2) is 47.5 Å². The van der Waals surface area contributed by atoms with Gasteiger partial charge in [-0.3, -0.25) is 9.36 Å². The first-order valence-electron chi connectivity index (χ1n) is 6.42. The van der Waals surface area contributed by atoms with Crippen LogP contribution in [0.3, 0.4) is 0 Å². The van der Waals surface area contributed by atoms with Crippen LogP contribution in [0.4, 0.5) is 4.39 Å². The topological polar surface area (TPSA) is 52.4 Å². The largest absolute Gasteiger partial charge is 0.323 e. The number of nitrogens with zero attached hydrogens (tertiary/aromatic N) is 2. The fraction of sp³-hybridized carbons (Fsp3) is 0.133. The summed E-state index contributed by atoms with van der Waals surface area (Å²) in [6.07, 6.45) is 3.28. The predicted molar refractivity (Wildman–Crippen MR) is 80.6 cm³/mol. The lowest BCUT2D eigenvalue weighted by molar-refractivity contribution is 0.626. The van der Waals surface area contributed by atoms with Crippen molar-refractivity contribution in [3.63, 3.8) is 0 Å². The molecule has 2 heterocycles.